The van der Waals surface area contributed by atoms with E-state index in [0.717, 1.165) is 18.4 Å². The number of benzene rings is 1. The number of hydrogen-bond donors (Lipinski definition) is 1. The molecule has 1 aromatic rings. The maximum Gasteiger partial charge on any atom is 0.389 e. The zero-order chi connectivity index (χ0) is 13.9. The number of halogens is 3. The van der Waals surface area contributed by atoms with Gasteiger partial charge in [-0.3, -0.25) is 4.90 Å². The van der Waals surface area contributed by atoms with Gasteiger partial charge in [-0.05, 0) is 37.4 Å². The van der Waals surface area contributed by atoms with Gasteiger partial charge in [0.05, 0.1) is 0 Å². The Hall–Kier alpha value is -1.23. The molecule has 0 atom stereocenters. The van der Waals surface area contributed by atoms with Gasteiger partial charge in [-0.15, -0.1) is 0 Å². The second-order valence-electron chi connectivity index (χ2n) is 5.12. The van der Waals surface area contributed by atoms with Crippen LogP contribution in [-0.4, -0.2) is 23.7 Å². The molecule has 19 heavy (non-hydrogen) atoms. The summed E-state index contributed by atoms with van der Waals surface area (Å²) in [7, 11) is 0. The Labute approximate surface area is 111 Å². The van der Waals surface area contributed by atoms with E-state index in [-0.39, 0.29) is 6.42 Å². The minimum atomic E-state index is -4.05. The van der Waals surface area contributed by atoms with Crippen LogP contribution < -0.4 is 5.73 Å². The van der Waals surface area contributed by atoms with Crippen LogP contribution in [0.5, 0.6) is 0 Å². The number of anilines is 1. The zero-order valence-corrected chi connectivity index (χ0v) is 10.8. The standard InChI is InChI=1S/C14H19F3N2/c15-14(16,17)8-3-9-19(12-6-7-12)10-11-4-1-2-5-13(11)18/h1-2,4-5,12H,3,6-10,18H2. The second-order valence-corrected chi connectivity index (χ2v) is 5.12. The number of hydrogen-bond acceptors (Lipinski definition) is 2. The van der Waals surface area contributed by atoms with Crippen molar-refractivity contribution >= 4 is 5.69 Å². The SMILES string of the molecule is Nc1ccccc1CN(CCCC(F)(F)F)C1CC1. The van der Waals surface area contributed by atoms with E-state index in [1.807, 2.05) is 24.3 Å². The molecule has 0 bridgehead atoms. The van der Waals surface area contributed by atoms with Crippen molar-refractivity contribution in [1.82, 2.24) is 4.90 Å². The third-order valence-corrected chi connectivity index (χ3v) is 3.40. The van der Waals surface area contributed by atoms with Gasteiger partial charge >= 0.3 is 6.18 Å². The predicted molar refractivity (Wildman–Crippen MR) is 69.6 cm³/mol. The fraction of sp³-hybridized carbons (Fsp3) is 0.571. The normalized spacial score (nSPS) is 16.0. The molecular formula is C14H19F3N2. The van der Waals surface area contributed by atoms with Crippen LogP contribution in [0.15, 0.2) is 24.3 Å². The van der Waals surface area contributed by atoms with Crippen LogP contribution in [-0.2, 0) is 6.54 Å². The van der Waals surface area contributed by atoms with E-state index in [1.165, 1.54) is 0 Å². The van der Waals surface area contributed by atoms with E-state index in [2.05, 4.69) is 4.90 Å². The number of rotatable bonds is 6. The van der Waals surface area contributed by atoms with Crippen molar-refractivity contribution in [3.8, 4) is 0 Å². The second kappa shape index (κ2) is 5.82. The fourth-order valence-corrected chi connectivity index (χ4v) is 2.21. The summed E-state index contributed by atoms with van der Waals surface area (Å²) in [5, 5.41) is 0. The van der Waals surface area contributed by atoms with Crippen molar-refractivity contribution < 1.29 is 13.2 Å². The molecule has 1 aliphatic rings. The van der Waals surface area contributed by atoms with Gasteiger partial charge in [0.15, 0.2) is 0 Å². The molecule has 1 aliphatic carbocycles. The smallest absolute Gasteiger partial charge is 0.389 e. The van der Waals surface area contributed by atoms with Crippen LogP contribution in [0.2, 0.25) is 0 Å². The summed E-state index contributed by atoms with van der Waals surface area (Å²) >= 11 is 0. The molecule has 0 radical (unpaired) electrons. The lowest BCUT2D eigenvalue weighted by atomic mass is 10.1. The van der Waals surface area contributed by atoms with Crippen molar-refractivity contribution in [3.63, 3.8) is 0 Å². The summed E-state index contributed by atoms with van der Waals surface area (Å²) in [6.45, 7) is 1.13. The Morgan fingerprint density at radius 2 is 1.89 bits per heavy atom. The van der Waals surface area contributed by atoms with Crippen LogP contribution in [0.4, 0.5) is 18.9 Å². The molecule has 2 N–H and O–H groups in total. The van der Waals surface area contributed by atoms with Gasteiger partial charge in [0.25, 0.3) is 0 Å². The predicted octanol–water partition coefficient (Wildman–Crippen LogP) is 3.58. The van der Waals surface area contributed by atoms with Gasteiger partial charge in [-0.1, -0.05) is 18.2 Å². The maximum absolute atomic E-state index is 12.2. The molecule has 0 unspecified atom stereocenters. The van der Waals surface area contributed by atoms with E-state index in [9.17, 15) is 13.2 Å². The first-order valence-electron chi connectivity index (χ1n) is 6.60. The van der Waals surface area contributed by atoms with Crippen molar-refractivity contribution in [1.29, 1.82) is 0 Å². The molecule has 2 nitrogen and oxygen atoms in total. The third-order valence-electron chi connectivity index (χ3n) is 3.40. The molecule has 1 aromatic carbocycles. The lowest BCUT2D eigenvalue weighted by Gasteiger charge is -2.23. The Morgan fingerprint density at radius 3 is 2.47 bits per heavy atom. The van der Waals surface area contributed by atoms with Crippen LogP contribution in [0.1, 0.15) is 31.2 Å². The monoisotopic (exact) mass is 272 g/mol. The van der Waals surface area contributed by atoms with Crippen LogP contribution in [0, 0.1) is 0 Å². The Balaban J connectivity index is 1.88. The zero-order valence-electron chi connectivity index (χ0n) is 10.8. The van der Waals surface area contributed by atoms with Crippen molar-refractivity contribution in [2.45, 2.75) is 44.4 Å². The molecule has 106 valence electrons. The molecule has 0 saturated heterocycles. The summed E-state index contributed by atoms with van der Waals surface area (Å²) in [6.07, 6.45) is -2.44. The van der Waals surface area contributed by atoms with E-state index < -0.39 is 12.6 Å². The minimum absolute atomic E-state index is 0.159. The highest BCUT2D eigenvalue weighted by molar-refractivity contribution is 5.46. The van der Waals surface area contributed by atoms with Crippen molar-refractivity contribution in [2.75, 3.05) is 12.3 Å². The maximum atomic E-state index is 12.2. The van der Waals surface area contributed by atoms with Crippen molar-refractivity contribution in [2.24, 2.45) is 0 Å². The number of nitrogen functional groups attached to an aromatic ring is 1. The highest BCUT2D eigenvalue weighted by atomic mass is 19.4. The summed E-state index contributed by atoms with van der Waals surface area (Å²) in [5.41, 5.74) is 7.59. The average molecular weight is 272 g/mol. The van der Waals surface area contributed by atoms with Crippen LogP contribution >= 0.6 is 0 Å². The molecule has 1 saturated carbocycles. The highest BCUT2D eigenvalue weighted by Gasteiger charge is 2.31. The molecule has 1 fully saturated rings. The van der Waals surface area contributed by atoms with Gasteiger partial charge in [-0.25, -0.2) is 0 Å². The number of nitrogens with zero attached hydrogens (tertiary/aromatic N) is 1. The largest absolute Gasteiger partial charge is 0.398 e. The lowest BCUT2D eigenvalue weighted by molar-refractivity contribution is -0.136. The van der Waals surface area contributed by atoms with E-state index in [4.69, 9.17) is 5.73 Å². The Kier molecular flexibility index (Phi) is 4.34. The number of nitrogens with two attached hydrogens (primary N) is 1. The van der Waals surface area contributed by atoms with Gasteiger partial charge in [0.1, 0.15) is 0 Å². The molecule has 0 amide bonds. The van der Waals surface area contributed by atoms with Crippen LogP contribution in [0.25, 0.3) is 0 Å². The van der Waals surface area contributed by atoms with Gasteiger partial charge in [0, 0.05) is 24.7 Å². The first kappa shape index (κ1) is 14.2. The summed E-state index contributed by atoms with van der Waals surface area (Å²) in [5.74, 6) is 0. The molecular weight excluding hydrogens is 253 g/mol. The Bertz CT molecular complexity index is 413. The molecule has 2 rings (SSSR count). The first-order chi connectivity index (χ1) is 8.96. The van der Waals surface area contributed by atoms with E-state index >= 15 is 0 Å². The average Bonchev–Trinajstić information content (AvgIpc) is 3.13. The Morgan fingerprint density at radius 1 is 1.21 bits per heavy atom. The topological polar surface area (TPSA) is 29.3 Å². The molecule has 0 spiro atoms. The molecule has 0 aromatic heterocycles. The molecule has 0 heterocycles. The van der Waals surface area contributed by atoms with Gasteiger partial charge in [0.2, 0.25) is 0 Å². The summed E-state index contributed by atoms with van der Waals surface area (Å²) < 4.78 is 36.5. The summed E-state index contributed by atoms with van der Waals surface area (Å²) in [4.78, 5) is 2.12. The number of para-hydroxylation sites is 1. The van der Waals surface area contributed by atoms with Gasteiger partial charge in [-0.2, -0.15) is 13.2 Å². The van der Waals surface area contributed by atoms with Crippen molar-refractivity contribution in [3.05, 3.63) is 29.8 Å². The highest BCUT2D eigenvalue weighted by Crippen LogP contribution is 2.30. The lowest BCUT2D eigenvalue weighted by Crippen LogP contribution is -2.28. The van der Waals surface area contributed by atoms with Crippen LogP contribution in [0.3, 0.4) is 0 Å². The fourth-order valence-electron chi connectivity index (χ4n) is 2.21. The first-order valence-corrected chi connectivity index (χ1v) is 6.60. The minimum Gasteiger partial charge on any atom is -0.398 e. The number of alkyl halides is 3. The quantitative estimate of drug-likeness (QED) is 0.802. The van der Waals surface area contributed by atoms with E-state index in [0.29, 0.717) is 24.8 Å². The molecule has 5 heteroatoms. The van der Waals surface area contributed by atoms with E-state index in [1.54, 1.807) is 0 Å². The third kappa shape index (κ3) is 4.74. The summed E-state index contributed by atoms with van der Waals surface area (Å²) in [6, 6.07) is 7.98. The molecule has 0 aliphatic heterocycles. The van der Waals surface area contributed by atoms with Gasteiger partial charge < -0.3 is 5.73 Å².